The van der Waals surface area contributed by atoms with Crippen molar-refractivity contribution >= 4 is 11.9 Å². The highest BCUT2D eigenvalue weighted by Gasteiger charge is 2.14. The molecule has 0 aliphatic rings. The van der Waals surface area contributed by atoms with Crippen molar-refractivity contribution in [2.24, 2.45) is 0 Å². The van der Waals surface area contributed by atoms with E-state index in [1.807, 2.05) is 13.8 Å². The first-order chi connectivity index (χ1) is 8.01. The topological polar surface area (TPSA) is 49.9 Å². The molecule has 0 atom stereocenters. The van der Waals surface area contributed by atoms with Crippen LogP contribution in [0.3, 0.4) is 0 Å². The molecule has 0 saturated carbocycles. The number of hydrogen-bond acceptors (Lipinski definition) is 4. The van der Waals surface area contributed by atoms with E-state index in [1.165, 1.54) is 4.90 Å². The minimum Gasteiger partial charge on any atom is -0.465 e. The van der Waals surface area contributed by atoms with Gasteiger partial charge >= 0.3 is 5.97 Å². The summed E-state index contributed by atoms with van der Waals surface area (Å²) in [7, 11) is 3.41. The molecule has 5 heteroatoms. The second-order valence-corrected chi connectivity index (χ2v) is 4.17. The summed E-state index contributed by atoms with van der Waals surface area (Å²) in [5, 5.41) is 0. The molecule has 1 amide bonds. The highest BCUT2D eigenvalue weighted by molar-refractivity contribution is 5.79. The summed E-state index contributed by atoms with van der Waals surface area (Å²) in [6.07, 6.45) is 1.89. The van der Waals surface area contributed by atoms with Gasteiger partial charge in [0.2, 0.25) is 5.91 Å². The van der Waals surface area contributed by atoms with E-state index in [-0.39, 0.29) is 25.0 Å². The third kappa shape index (κ3) is 7.74. The molecule has 0 aromatic heterocycles. The lowest BCUT2D eigenvalue weighted by Crippen LogP contribution is -2.39. The molecule has 0 aliphatic heterocycles. The number of hydrogen-bond donors (Lipinski definition) is 0. The number of ether oxygens (including phenoxy) is 1. The first-order valence-corrected chi connectivity index (χ1v) is 6.09. The molecule has 0 fully saturated rings. The van der Waals surface area contributed by atoms with Gasteiger partial charge in [-0.25, -0.2) is 0 Å². The molecule has 0 bridgehead atoms. The van der Waals surface area contributed by atoms with E-state index in [0.29, 0.717) is 13.2 Å². The van der Waals surface area contributed by atoms with Gasteiger partial charge in [-0.15, -0.1) is 0 Å². The Hall–Kier alpha value is -1.10. The average molecular weight is 244 g/mol. The van der Waals surface area contributed by atoms with Crippen molar-refractivity contribution in [3.05, 3.63) is 0 Å². The van der Waals surface area contributed by atoms with Gasteiger partial charge in [0.25, 0.3) is 0 Å². The van der Waals surface area contributed by atoms with Gasteiger partial charge in [0.05, 0.1) is 19.7 Å². The Morgan fingerprint density at radius 2 is 1.76 bits per heavy atom. The average Bonchev–Trinajstić information content (AvgIpc) is 2.28. The Labute approximate surface area is 104 Å². The molecule has 0 radical (unpaired) electrons. The molecule has 0 spiro atoms. The monoisotopic (exact) mass is 244 g/mol. The summed E-state index contributed by atoms with van der Waals surface area (Å²) in [6, 6.07) is 0. The second-order valence-electron chi connectivity index (χ2n) is 4.17. The number of carbonyl (C=O) groups excluding carboxylic acids is 2. The second kappa shape index (κ2) is 8.98. The maximum absolute atomic E-state index is 11.5. The molecule has 0 N–H and O–H groups in total. The molecular weight excluding hydrogens is 220 g/mol. The van der Waals surface area contributed by atoms with Crippen LogP contribution < -0.4 is 0 Å². The van der Waals surface area contributed by atoms with Crippen molar-refractivity contribution < 1.29 is 14.3 Å². The Morgan fingerprint density at radius 3 is 2.24 bits per heavy atom. The van der Waals surface area contributed by atoms with Crippen LogP contribution in [0.5, 0.6) is 0 Å². The third-order valence-corrected chi connectivity index (χ3v) is 2.42. The van der Waals surface area contributed by atoms with Crippen molar-refractivity contribution in [1.82, 2.24) is 9.80 Å². The van der Waals surface area contributed by atoms with Gasteiger partial charge in [-0.05, 0) is 13.0 Å². The van der Waals surface area contributed by atoms with Crippen LogP contribution in [0.2, 0.25) is 0 Å². The van der Waals surface area contributed by atoms with Gasteiger partial charge in [-0.3, -0.25) is 14.5 Å². The normalized spacial score (nSPS) is 10.4. The van der Waals surface area contributed by atoms with E-state index < -0.39 is 0 Å². The number of unbranched alkanes of at least 4 members (excludes halogenated alkanes) is 1. The molecule has 0 heterocycles. The van der Waals surface area contributed by atoms with Crippen LogP contribution >= 0.6 is 0 Å². The van der Waals surface area contributed by atoms with Gasteiger partial charge in [-0.2, -0.15) is 0 Å². The van der Waals surface area contributed by atoms with Crippen LogP contribution in [0.4, 0.5) is 0 Å². The minimum atomic E-state index is -0.258. The quantitative estimate of drug-likeness (QED) is 0.467. The van der Waals surface area contributed by atoms with E-state index in [1.54, 1.807) is 19.0 Å². The first kappa shape index (κ1) is 15.9. The predicted octanol–water partition coefficient (Wildman–Crippen LogP) is 0.740. The van der Waals surface area contributed by atoms with Crippen LogP contribution in [0.1, 0.15) is 26.7 Å². The van der Waals surface area contributed by atoms with Crippen molar-refractivity contribution in [3.8, 4) is 0 Å². The van der Waals surface area contributed by atoms with E-state index >= 15 is 0 Å². The summed E-state index contributed by atoms with van der Waals surface area (Å²) < 4.78 is 5.05. The molecule has 0 unspecified atom stereocenters. The highest BCUT2D eigenvalue weighted by Crippen LogP contribution is 1.94. The van der Waals surface area contributed by atoms with Gasteiger partial charge in [-0.1, -0.05) is 20.3 Å². The van der Waals surface area contributed by atoms with Crippen molar-refractivity contribution in [1.29, 1.82) is 0 Å². The van der Waals surface area contributed by atoms with Gasteiger partial charge in [0, 0.05) is 14.1 Å². The number of esters is 1. The predicted molar refractivity (Wildman–Crippen MR) is 66.7 cm³/mol. The molecule has 0 aliphatic carbocycles. The van der Waals surface area contributed by atoms with Crippen LogP contribution in [-0.2, 0) is 14.3 Å². The van der Waals surface area contributed by atoms with Crippen molar-refractivity contribution in [3.63, 3.8) is 0 Å². The highest BCUT2D eigenvalue weighted by atomic mass is 16.5. The van der Waals surface area contributed by atoms with Gasteiger partial charge in [0.15, 0.2) is 0 Å². The first-order valence-electron chi connectivity index (χ1n) is 6.09. The Kier molecular flexibility index (Phi) is 8.40. The molecule has 17 heavy (non-hydrogen) atoms. The molecule has 0 rings (SSSR count). The van der Waals surface area contributed by atoms with E-state index in [4.69, 9.17) is 4.74 Å². The summed E-state index contributed by atoms with van der Waals surface area (Å²) in [5.74, 6) is -0.264. The van der Waals surface area contributed by atoms with Crippen LogP contribution in [0.15, 0.2) is 0 Å². The number of amides is 1. The minimum absolute atomic E-state index is 0.00629. The maximum Gasteiger partial charge on any atom is 0.320 e. The van der Waals surface area contributed by atoms with E-state index in [0.717, 1.165) is 12.8 Å². The van der Waals surface area contributed by atoms with Gasteiger partial charge < -0.3 is 9.64 Å². The largest absolute Gasteiger partial charge is 0.465 e. The molecular formula is C12H24N2O3. The third-order valence-electron chi connectivity index (χ3n) is 2.42. The van der Waals surface area contributed by atoms with E-state index in [2.05, 4.69) is 0 Å². The lowest BCUT2D eigenvalue weighted by molar-refractivity contribution is -0.145. The van der Waals surface area contributed by atoms with Crippen LogP contribution in [-0.4, -0.2) is 62.0 Å². The lowest BCUT2D eigenvalue weighted by atomic mass is 10.4. The number of nitrogens with zero attached hydrogens (tertiary/aromatic N) is 2. The van der Waals surface area contributed by atoms with Crippen LogP contribution in [0, 0.1) is 0 Å². The fourth-order valence-corrected chi connectivity index (χ4v) is 1.17. The summed E-state index contributed by atoms with van der Waals surface area (Å²) in [5.41, 5.74) is 0. The molecule has 0 saturated heterocycles. The maximum atomic E-state index is 11.5. The smallest absolute Gasteiger partial charge is 0.320 e. The van der Waals surface area contributed by atoms with Crippen LogP contribution in [0.25, 0.3) is 0 Å². The zero-order valence-corrected chi connectivity index (χ0v) is 11.4. The standard InChI is InChI=1S/C12H24N2O3/c1-5-7-8-17-12(16)10-14(6-2)9-11(15)13(3)4/h5-10H2,1-4H3. The summed E-state index contributed by atoms with van der Waals surface area (Å²) in [4.78, 5) is 26.2. The summed E-state index contributed by atoms with van der Waals surface area (Å²) >= 11 is 0. The van der Waals surface area contributed by atoms with Crippen molar-refractivity contribution in [2.75, 3.05) is 40.3 Å². The lowest BCUT2D eigenvalue weighted by Gasteiger charge is -2.20. The molecule has 0 aromatic carbocycles. The van der Waals surface area contributed by atoms with Crippen molar-refractivity contribution in [2.45, 2.75) is 26.7 Å². The number of rotatable bonds is 8. The Morgan fingerprint density at radius 1 is 1.12 bits per heavy atom. The zero-order chi connectivity index (χ0) is 13.3. The molecule has 100 valence electrons. The fraction of sp³-hybridized carbons (Fsp3) is 0.833. The van der Waals surface area contributed by atoms with Gasteiger partial charge in [0.1, 0.15) is 0 Å². The zero-order valence-electron chi connectivity index (χ0n) is 11.4. The number of carbonyl (C=O) groups is 2. The fourth-order valence-electron chi connectivity index (χ4n) is 1.17. The Balaban J connectivity index is 3.95. The summed E-state index contributed by atoms with van der Waals surface area (Å²) in [6.45, 7) is 5.52. The SMILES string of the molecule is CCCCOC(=O)CN(CC)CC(=O)N(C)C. The Bertz CT molecular complexity index is 242. The van der Waals surface area contributed by atoms with E-state index in [9.17, 15) is 9.59 Å². The molecule has 5 nitrogen and oxygen atoms in total. The molecule has 0 aromatic rings. The number of likely N-dealkylation sites (N-methyl/N-ethyl adjacent to an activating group) is 2.